The highest BCUT2D eigenvalue weighted by Crippen LogP contribution is 2.26. The van der Waals surface area contributed by atoms with Gasteiger partial charge in [-0.25, -0.2) is 19.3 Å². The molecule has 1 N–H and O–H groups in total. The molecular weight excluding hydrogens is 403 g/mol. The molecule has 3 aromatic rings. The number of aromatic nitrogens is 6. The molecular formula is C20H25FN8O2. The second kappa shape index (κ2) is 8.58. The van der Waals surface area contributed by atoms with Crippen molar-refractivity contribution in [2.45, 2.75) is 44.8 Å². The highest BCUT2D eigenvalue weighted by Gasteiger charge is 2.25. The molecule has 0 atom stereocenters. The first-order valence-electron chi connectivity index (χ1n) is 10.6. The summed E-state index contributed by atoms with van der Waals surface area (Å²) < 4.78 is 26.7. The summed E-state index contributed by atoms with van der Waals surface area (Å²) in [6.45, 7) is 4.58. The maximum atomic E-state index is 13.4. The number of hydrogen-bond acceptors (Lipinski definition) is 9. The Bertz CT molecular complexity index is 1050. The minimum absolute atomic E-state index is 0.0359. The average Bonchev–Trinajstić information content (AvgIpc) is 3.27. The lowest BCUT2D eigenvalue weighted by molar-refractivity contribution is 0.121. The Morgan fingerprint density at radius 3 is 2.71 bits per heavy atom. The first kappa shape index (κ1) is 19.9. The van der Waals surface area contributed by atoms with E-state index >= 15 is 0 Å². The summed E-state index contributed by atoms with van der Waals surface area (Å²) in [5.74, 6) is 0.902. The van der Waals surface area contributed by atoms with Gasteiger partial charge in [0.25, 0.3) is 0 Å². The lowest BCUT2D eigenvalue weighted by atomic mass is 9.93. The molecule has 1 aliphatic carbocycles. The molecule has 0 spiro atoms. The van der Waals surface area contributed by atoms with Gasteiger partial charge in [-0.15, -0.1) is 0 Å². The Morgan fingerprint density at radius 1 is 1.13 bits per heavy atom. The van der Waals surface area contributed by atoms with E-state index < -0.39 is 5.82 Å². The number of fused-ring (bicyclic) bond motifs is 1. The van der Waals surface area contributed by atoms with Crippen molar-refractivity contribution in [3.8, 4) is 6.01 Å². The number of hydrogen-bond donors (Lipinski definition) is 1. The number of nitrogens with one attached hydrogen (secondary N) is 1. The van der Waals surface area contributed by atoms with Gasteiger partial charge in [0, 0.05) is 25.2 Å². The maximum absolute atomic E-state index is 13.4. The minimum Gasteiger partial charge on any atom is -0.460 e. The predicted octanol–water partition coefficient (Wildman–Crippen LogP) is 2.00. The standard InChI is InChI=1S/C20H25FN8O2/c1-13-16(21)11-22-19(25-13)26-14-2-4-15(5-3-14)31-20-27-18(28-6-8-30-9-7-28)10-17-23-12-24-29(17)20/h10-12,14-15H,2-9H2,1H3,(H,22,25,26). The van der Waals surface area contributed by atoms with E-state index in [1.807, 2.05) is 6.07 Å². The van der Waals surface area contributed by atoms with E-state index in [0.717, 1.165) is 44.6 Å². The van der Waals surface area contributed by atoms with E-state index in [-0.39, 0.29) is 12.1 Å². The number of rotatable bonds is 5. The van der Waals surface area contributed by atoms with E-state index in [1.54, 1.807) is 11.4 Å². The van der Waals surface area contributed by atoms with Crippen LogP contribution in [0.3, 0.4) is 0 Å². The fourth-order valence-electron chi connectivity index (χ4n) is 4.00. The van der Waals surface area contributed by atoms with Crippen LogP contribution in [0, 0.1) is 12.7 Å². The number of morpholine rings is 1. The van der Waals surface area contributed by atoms with Gasteiger partial charge in [-0.05, 0) is 32.6 Å². The number of aryl methyl sites for hydroxylation is 1. The molecule has 0 radical (unpaired) electrons. The topological polar surface area (TPSA) is 103 Å². The van der Waals surface area contributed by atoms with Crippen LogP contribution < -0.4 is 15.0 Å². The first-order valence-corrected chi connectivity index (χ1v) is 10.6. The fraction of sp³-hybridized carbons (Fsp3) is 0.550. The quantitative estimate of drug-likeness (QED) is 0.653. The zero-order valence-corrected chi connectivity index (χ0v) is 17.4. The molecule has 5 rings (SSSR count). The first-order chi connectivity index (χ1) is 15.2. The number of nitrogens with zero attached hydrogens (tertiary/aromatic N) is 7. The van der Waals surface area contributed by atoms with Crippen LogP contribution in [0.15, 0.2) is 18.6 Å². The molecule has 10 nitrogen and oxygen atoms in total. The average molecular weight is 428 g/mol. The molecule has 1 saturated heterocycles. The molecule has 31 heavy (non-hydrogen) atoms. The van der Waals surface area contributed by atoms with Gasteiger partial charge in [0.05, 0.1) is 25.1 Å². The van der Waals surface area contributed by atoms with Gasteiger partial charge in [-0.2, -0.15) is 14.6 Å². The third-order valence-corrected chi connectivity index (χ3v) is 5.76. The number of anilines is 2. The summed E-state index contributed by atoms with van der Waals surface area (Å²) in [6.07, 6.45) is 6.26. The van der Waals surface area contributed by atoms with Gasteiger partial charge in [-0.1, -0.05) is 0 Å². The Hall–Kier alpha value is -3.08. The van der Waals surface area contributed by atoms with E-state index in [2.05, 4.69) is 30.3 Å². The van der Waals surface area contributed by atoms with E-state index in [4.69, 9.17) is 14.5 Å². The fourth-order valence-corrected chi connectivity index (χ4v) is 4.00. The maximum Gasteiger partial charge on any atom is 0.321 e. The summed E-state index contributed by atoms with van der Waals surface area (Å²) >= 11 is 0. The Kier molecular flexibility index (Phi) is 5.49. The molecule has 2 fully saturated rings. The summed E-state index contributed by atoms with van der Waals surface area (Å²) in [5, 5.41) is 7.58. The molecule has 164 valence electrons. The van der Waals surface area contributed by atoms with Gasteiger partial charge >= 0.3 is 6.01 Å². The highest BCUT2D eigenvalue weighted by molar-refractivity contribution is 5.52. The Balaban J connectivity index is 1.24. The van der Waals surface area contributed by atoms with Crippen LogP contribution in [0.1, 0.15) is 31.4 Å². The van der Waals surface area contributed by atoms with Gasteiger partial charge in [0.1, 0.15) is 18.2 Å². The van der Waals surface area contributed by atoms with Crippen LogP contribution in [0.4, 0.5) is 16.2 Å². The second-order valence-corrected chi connectivity index (χ2v) is 7.89. The van der Waals surface area contributed by atoms with Crippen LogP contribution in [-0.2, 0) is 4.74 Å². The molecule has 1 saturated carbocycles. The molecule has 2 aliphatic rings. The zero-order valence-electron chi connectivity index (χ0n) is 17.4. The number of halogens is 1. The number of ether oxygens (including phenoxy) is 2. The zero-order chi connectivity index (χ0) is 21.2. The normalized spacial score (nSPS) is 21.9. The third-order valence-electron chi connectivity index (χ3n) is 5.76. The Labute approximate surface area is 178 Å². The lowest BCUT2D eigenvalue weighted by Gasteiger charge is -2.30. The highest BCUT2D eigenvalue weighted by atomic mass is 19.1. The van der Waals surface area contributed by atoms with Gasteiger partial charge in [0.2, 0.25) is 5.95 Å². The van der Waals surface area contributed by atoms with Crippen LogP contribution >= 0.6 is 0 Å². The van der Waals surface area contributed by atoms with E-state index in [9.17, 15) is 4.39 Å². The molecule has 0 bridgehead atoms. The largest absolute Gasteiger partial charge is 0.460 e. The lowest BCUT2D eigenvalue weighted by Crippen LogP contribution is -2.37. The van der Waals surface area contributed by atoms with Crippen LogP contribution in [0.5, 0.6) is 6.01 Å². The summed E-state index contributed by atoms with van der Waals surface area (Å²) in [4.78, 5) is 19.4. The van der Waals surface area contributed by atoms with Gasteiger partial charge < -0.3 is 19.7 Å². The van der Waals surface area contributed by atoms with Crippen molar-refractivity contribution >= 4 is 17.4 Å². The minimum atomic E-state index is -0.395. The van der Waals surface area contributed by atoms with E-state index in [0.29, 0.717) is 36.5 Å². The summed E-state index contributed by atoms with van der Waals surface area (Å²) in [5.41, 5.74) is 1.06. The monoisotopic (exact) mass is 428 g/mol. The van der Waals surface area contributed by atoms with Crippen molar-refractivity contribution in [1.82, 2.24) is 29.5 Å². The van der Waals surface area contributed by atoms with Crippen molar-refractivity contribution in [3.05, 3.63) is 30.1 Å². The molecule has 1 aliphatic heterocycles. The van der Waals surface area contributed by atoms with Crippen LogP contribution in [0.25, 0.3) is 5.65 Å². The van der Waals surface area contributed by atoms with Crippen molar-refractivity contribution in [1.29, 1.82) is 0 Å². The summed E-state index contributed by atoms with van der Waals surface area (Å²) in [6, 6.07) is 2.62. The van der Waals surface area contributed by atoms with Crippen LogP contribution in [-0.4, -0.2) is 68.0 Å². The molecule has 0 unspecified atom stereocenters. The summed E-state index contributed by atoms with van der Waals surface area (Å²) in [7, 11) is 0. The van der Waals surface area contributed by atoms with Crippen LogP contribution in [0.2, 0.25) is 0 Å². The van der Waals surface area contributed by atoms with E-state index in [1.165, 1.54) is 12.5 Å². The van der Waals surface area contributed by atoms with Gasteiger partial charge in [-0.3, -0.25) is 0 Å². The smallest absolute Gasteiger partial charge is 0.321 e. The predicted molar refractivity (Wildman–Crippen MR) is 111 cm³/mol. The molecule has 0 amide bonds. The van der Waals surface area contributed by atoms with Crippen molar-refractivity contribution in [2.75, 3.05) is 36.5 Å². The molecule has 0 aromatic carbocycles. The molecule has 3 aromatic heterocycles. The second-order valence-electron chi connectivity index (χ2n) is 7.89. The van der Waals surface area contributed by atoms with Gasteiger partial charge in [0.15, 0.2) is 11.5 Å². The molecule has 11 heteroatoms. The van der Waals surface area contributed by atoms with Crippen molar-refractivity contribution in [2.24, 2.45) is 0 Å². The molecule has 4 heterocycles. The SMILES string of the molecule is Cc1nc(NC2CCC(Oc3nc(N4CCOCC4)cc4ncnn34)CC2)ncc1F. The third kappa shape index (κ3) is 4.36. The van der Waals surface area contributed by atoms with Crippen molar-refractivity contribution in [3.63, 3.8) is 0 Å². The van der Waals surface area contributed by atoms with Crippen molar-refractivity contribution < 1.29 is 13.9 Å². The Morgan fingerprint density at radius 2 is 1.94 bits per heavy atom.